The van der Waals surface area contributed by atoms with Gasteiger partial charge in [-0.05, 0) is 31.2 Å². The van der Waals surface area contributed by atoms with Crippen molar-refractivity contribution in [3.8, 4) is 0 Å². The van der Waals surface area contributed by atoms with Crippen LogP contribution < -0.4 is 15.1 Å². The summed E-state index contributed by atoms with van der Waals surface area (Å²) in [5, 5.41) is 2.98. The van der Waals surface area contributed by atoms with Crippen LogP contribution in [-0.4, -0.2) is 67.1 Å². The van der Waals surface area contributed by atoms with E-state index in [1.165, 1.54) is 27.5 Å². The summed E-state index contributed by atoms with van der Waals surface area (Å²) in [6.07, 6.45) is 4.41. The van der Waals surface area contributed by atoms with E-state index in [-0.39, 0.29) is 11.8 Å². The lowest BCUT2D eigenvalue weighted by molar-refractivity contribution is -0.911. The fourth-order valence-electron chi connectivity index (χ4n) is 4.94. The molecule has 2 atom stereocenters. The molecule has 0 aliphatic carbocycles. The smallest absolute Gasteiger partial charge is 0.279 e. The first-order valence-electron chi connectivity index (χ1n) is 11.4. The molecular weight excluding hydrogens is 390 g/mol. The fourth-order valence-corrected chi connectivity index (χ4v) is 4.94. The first kappa shape index (κ1) is 21.6. The SMILES string of the molecule is Cc1ccc(NC(=O)C[NH+]2CCN(C(=O)C[NH+]3CCC[C@@H]3c3cccn3C)CC2)cc1. The van der Waals surface area contributed by atoms with E-state index in [1.807, 2.05) is 36.1 Å². The van der Waals surface area contributed by atoms with Crippen molar-refractivity contribution in [3.63, 3.8) is 0 Å². The number of hydrogen-bond donors (Lipinski definition) is 3. The molecule has 2 aliphatic rings. The van der Waals surface area contributed by atoms with Crippen molar-refractivity contribution < 1.29 is 19.4 Å². The van der Waals surface area contributed by atoms with Gasteiger partial charge >= 0.3 is 0 Å². The van der Waals surface area contributed by atoms with Crippen LogP contribution in [0.15, 0.2) is 42.6 Å². The minimum absolute atomic E-state index is 0.0329. The summed E-state index contributed by atoms with van der Waals surface area (Å²) >= 11 is 0. The van der Waals surface area contributed by atoms with Crippen molar-refractivity contribution in [2.24, 2.45) is 7.05 Å². The molecule has 2 aromatic rings. The van der Waals surface area contributed by atoms with Crippen molar-refractivity contribution in [2.45, 2.75) is 25.8 Å². The Bertz CT molecular complexity index is 899. The highest BCUT2D eigenvalue weighted by Crippen LogP contribution is 2.19. The summed E-state index contributed by atoms with van der Waals surface area (Å²) in [7, 11) is 2.09. The van der Waals surface area contributed by atoms with E-state index in [2.05, 4.69) is 35.3 Å². The number of quaternary nitrogens is 2. The predicted molar refractivity (Wildman–Crippen MR) is 120 cm³/mol. The third-order valence-electron chi connectivity index (χ3n) is 6.77. The molecule has 0 radical (unpaired) electrons. The molecule has 1 aromatic carbocycles. The normalized spacial score (nSPS) is 21.9. The van der Waals surface area contributed by atoms with Gasteiger partial charge in [0.15, 0.2) is 13.1 Å². The molecule has 2 amide bonds. The Balaban J connectivity index is 1.23. The molecule has 0 saturated carbocycles. The molecule has 3 heterocycles. The maximum Gasteiger partial charge on any atom is 0.279 e. The van der Waals surface area contributed by atoms with Crippen molar-refractivity contribution in [3.05, 3.63) is 53.9 Å². The molecule has 2 saturated heterocycles. The molecule has 7 heteroatoms. The van der Waals surface area contributed by atoms with Gasteiger partial charge in [0.2, 0.25) is 0 Å². The van der Waals surface area contributed by atoms with Crippen LogP contribution in [0.3, 0.4) is 0 Å². The van der Waals surface area contributed by atoms with Crippen LogP contribution in [0.4, 0.5) is 5.69 Å². The van der Waals surface area contributed by atoms with Crippen molar-refractivity contribution in [2.75, 3.05) is 51.1 Å². The molecule has 2 fully saturated rings. The molecule has 0 spiro atoms. The second-order valence-corrected chi connectivity index (χ2v) is 9.05. The zero-order valence-corrected chi connectivity index (χ0v) is 18.7. The molecule has 31 heavy (non-hydrogen) atoms. The van der Waals surface area contributed by atoms with Crippen LogP contribution >= 0.6 is 0 Å². The zero-order chi connectivity index (χ0) is 21.8. The van der Waals surface area contributed by atoms with E-state index in [1.54, 1.807) is 0 Å². The van der Waals surface area contributed by atoms with Crippen LogP contribution in [0.5, 0.6) is 0 Å². The molecule has 3 N–H and O–H groups in total. The average molecular weight is 426 g/mol. The number of benzene rings is 1. The van der Waals surface area contributed by atoms with Gasteiger partial charge in [0, 0.05) is 31.8 Å². The number of rotatable bonds is 6. The minimum Gasteiger partial charge on any atom is -0.350 e. The number of carbonyl (C=O) groups excluding carboxylic acids is 2. The molecule has 1 unspecified atom stereocenters. The Morgan fingerprint density at radius 2 is 1.81 bits per heavy atom. The zero-order valence-electron chi connectivity index (χ0n) is 18.7. The molecule has 4 rings (SSSR count). The van der Waals surface area contributed by atoms with E-state index < -0.39 is 0 Å². The van der Waals surface area contributed by atoms with Crippen LogP contribution in [-0.2, 0) is 16.6 Å². The Hall–Kier alpha value is -2.64. The van der Waals surface area contributed by atoms with Gasteiger partial charge in [0.05, 0.1) is 38.4 Å². The highest BCUT2D eigenvalue weighted by molar-refractivity contribution is 5.91. The lowest BCUT2D eigenvalue weighted by Crippen LogP contribution is -3.16. The third kappa shape index (κ3) is 5.35. The van der Waals surface area contributed by atoms with Crippen LogP contribution in [0, 0.1) is 6.92 Å². The first-order valence-corrected chi connectivity index (χ1v) is 11.4. The topological polar surface area (TPSA) is 63.2 Å². The predicted octanol–water partition coefficient (Wildman–Crippen LogP) is -0.581. The number of likely N-dealkylation sites (tertiary alicyclic amines) is 1. The van der Waals surface area contributed by atoms with Crippen molar-refractivity contribution >= 4 is 17.5 Å². The molecule has 7 nitrogen and oxygen atoms in total. The van der Waals surface area contributed by atoms with Gasteiger partial charge in [0.1, 0.15) is 6.04 Å². The second kappa shape index (κ2) is 9.66. The van der Waals surface area contributed by atoms with Gasteiger partial charge < -0.3 is 24.6 Å². The quantitative estimate of drug-likeness (QED) is 0.580. The van der Waals surface area contributed by atoms with E-state index in [0.717, 1.165) is 44.8 Å². The van der Waals surface area contributed by atoms with Gasteiger partial charge in [0.25, 0.3) is 11.8 Å². The Labute approximate surface area is 184 Å². The van der Waals surface area contributed by atoms with Gasteiger partial charge in [-0.1, -0.05) is 17.7 Å². The number of amides is 2. The number of aryl methyl sites for hydroxylation is 2. The molecular formula is C24H35N5O2+2. The maximum atomic E-state index is 13.0. The number of hydrogen-bond acceptors (Lipinski definition) is 2. The monoisotopic (exact) mass is 425 g/mol. The van der Waals surface area contributed by atoms with E-state index >= 15 is 0 Å². The first-order chi connectivity index (χ1) is 15.0. The second-order valence-electron chi connectivity index (χ2n) is 9.05. The Morgan fingerprint density at radius 1 is 1.06 bits per heavy atom. The Morgan fingerprint density at radius 3 is 2.48 bits per heavy atom. The Kier molecular flexibility index (Phi) is 6.73. The number of piperazine rings is 1. The summed E-state index contributed by atoms with van der Waals surface area (Å²) in [6.45, 7) is 7.22. The van der Waals surface area contributed by atoms with Crippen molar-refractivity contribution in [1.29, 1.82) is 0 Å². The van der Waals surface area contributed by atoms with E-state index in [9.17, 15) is 9.59 Å². The highest BCUT2D eigenvalue weighted by atomic mass is 16.2. The number of carbonyl (C=O) groups is 2. The van der Waals surface area contributed by atoms with Crippen LogP contribution in [0.1, 0.15) is 30.1 Å². The highest BCUT2D eigenvalue weighted by Gasteiger charge is 2.35. The number of anilines is 1. The standard InChI is InChI=1S/C24H33N5O2/c1-19-7-9-20(10-8-19)25-23(30)17-27-13-15-28(16-14-27)24(31)18-29-12-4-6-22(29)21-5-3-11-26(21)2/h3,5,7-11,22H,4,6,12-18H2,1-2H3,(H,25,30)/p+2/t22-/m1/s1. The molecule has 166 valence electrons. The van der Waals surface area contributed by atoms with Gasteiger partial charge in [-0.25, -0.2) is 0 Å². The van der Waals surface area contributed by atoms with Crippen LogP contribution in [0.2, 0.25) is 0 Å². The third-order valence-corrected chi connectivity index (χ3v) is 6.77. The van der Waals surface area contributed by atoms with Gasteiger partial charge in [-0.2, -0.15) is 0 Å². The minimum atomic E-state index is 0.0329. The van der Waals surface area contributed by atoms with E-state index in [0.29, 0.717) is 19.1 Å². The lowest BCUT2D eigenvalue weighted by Gasteiger charge is -2.32. The van der Waals surface area contributed by atoms with Gasteiger partial charge in [-0.15, -0.1) is 0 Å². The number of aromatic nitrogens is 1. The summed E-state index contributed by atoms with van der Waals surface area (Å²) < 4.78 is 2.18. The summed E-state index contributed by atoms with van der Waals surface area (Å²) in [5.74, 6) is 0.282. The molecule has 0 bridgehead atoms. The fraction of sp³-hybridized carbons (Fsp3) is 0.500. The number of nitrogens with zero attached hydrogens (tertiary/aromatic N) is 2. The average Bonchev–Trinajstić information content (AvgIpc) is 3.38. The van der Waals surface area contributed by atoms with Crippen LogP contribution in [0.25, 0.3) is 0 Å². The summed E-state index contributed by atoms with van der Waals surface area (Å²) in [6, 6.07) is 12.6. The summed E-state index contributed by atoms with van der Waals surface area (Å²) in [4.78, 5) is 30.0. The lowest BCUT2D eigenvalue weighted by atomic mass is 10.1. The largest absolute Gasteiger partial charge is 0.350 e. The maximum absolute atomic E-state index is 13.0. The van der Waals surface area contributed by atoms with E-state index in [4.69, 9.17) is 0 Å². The van der Waals surface area contributed by atoms with Crippen molar-refractivity contribution in [1.82, 2.24) is 9.47 Å². The molecule has 1 aromatic heterocycles. The van der Waals surface area contributed by atoms with Gasteiger partial charge in [-0.3, -0.25) is 9.59 Å². The summed E-state index contributed by atoms with van der Waals surface area (Å²) in [5.41, 5.74) is 3.34. The molecule has 2 aliphatic heterocycles. The number of nitrogens with one attached hydrogen (secondary N) is 3.